The quantitative estimate of drug-likeness (QED) is 0.742. The minimum atomic E-state index is 0. The second kappa shape index (κ2) is 8.79. The normalized spacial score (nSPS) is 21.2. The number of hydrogen-bond acceptors (Lipinski definition) is 3. The molecule has 2 N–H and O–H groups in total. The number of hydrogen-bond donors (Lipinski definition) is 2. The average Bonchev–Trinajstić information content (AvgIpc) is 2.67. The van der Waals surface area contributed by atoms with Gasteiger partial charge < -0.3 is 15.4 Å². The predicted molar refractivity (Wildman–Crippen MR) is 67.0 cm³/mol. The van der Waals surface area contributed by atoms with E-state index in [1.807, 2.05) is 6.92 Å². The minimum absolute atomic E-state index is 0. The minimum Gasteiger partial charge on any atom is -0.385 e. The molecule has 1 aliphatic rings. The van der Waals surface area contributed by atoms with Crippen molar-refractivity contribution >= 4 is 18.3 Å². The highest BCUT2D eigenvalue weighted by Gasteiger charge is 2.18. The van der Waals surface area contributed by atoms with Crippen LogP contribution in [0.25, 0.3) is 0 Å². The molecule has 0 aromatic rings. The fourth-order valence-corrected chi connectivity index (χ4v) is 1.86. The summed E-state index contributed by atoms with van der Waals surface area (Å²) in [7, 11) is 1.68. The Morgan fingerprint density at radius 1 is 1.62 bits per heavy atom. The summed E-state index contributed by atoms with van der Waals surface area (Å²) >= 11 is 0. The summed E-state index contributed by atoms with van der Waals surface area (Å²) in [5.74, 6) is 0.151. The first-order chi connectivity index (χ1) is 7.22. The molecule has 96 valence electrons. The molecule has 2 atom stereocenters. The van der Waals surface area contributed by atoms with E-state index in [0.29, 0.717) is 19.1 Å². The zero-order valence-electron chi connectivity index (χ0n) is 10.1. The van der Waals surface area contributed by atoms with Gasteiger partial charge in [0.25, 0.3) is 0 Å². The van der Waals surface area contributed by atoms with Gasteiger partial charge in [0, 0.05) is 32.2 Å². The third-order valence-corrected chi connectivity index (χ3v) is 2.76. The van der Waals surface area contributed by atoms with E-state index < -0.39 is 0 Å². The van der Waals surface area contributed by atoms with E-state index in [4.69, 9.17) is 4.74 Å². The lowest BCUT2D eigenvalue weighted by Gasteiger charge is -2.15. The molecule has 1 amide bonds. The maximum Gasteiger partial charge on any atom is 0.221 e. The van der Waals surface area contributed by atoms with Crippen molar-refractivity contribution in [2.45, 2.75) is 44.7 Å². The van der Waals surface area contributed by atoms with E-state index >= 15 is 0 Å². The van der Waals surface area contributed by atoms with Crippen molar-refractivity contribution in [3.8, 4) is 0 Å². The second-order valence-electron chi connectivity index (χ2n) is 4.25. The van der Waals surface area contributed by atoms with E-state index in [1.54, 1.807) is 7.11 Å². The fraction of sp³-hybridized carbons (Fsp3) is 0.909. The van der Waals surface area contributed by atoms with Gasteiger partial charge in [-0.2, -0.15) is 0 Å². The van der Waals surface area contributed by atoms with Crippen LogP contribution in [0.5, 0.6) is 0 Å². The Balaban J connectivity index is 0.00000225. The molecule has 0 saturated carbocycles. The molecule has 1 saturated heterocycles. The Morgan fingerprint density at radius 2 is 2.38 bits per heavy atom. The van der Waals surface area contributed by atoms with Crippen LogP contribution >= 0.6 is 12.4 Å². The number of amides is 1. The highest BCUT2D eigenvalue weighted by atomic mass is 35.5. The van der Waals surface area contributed by atoms with Crippen LogP contribution in [-0.4, -0.2) is 38.3 Å². The number of rotatable bonds is 6. The summed E-state index contributed by atoms with van der Waals surface area (Å²) in [6, 6.07) is 0.596. The number of ether oxygens (including phenoxy) is 1. The zero-order valence-corrected chi connectivity index (χ0v) is 10.9. The Kier molecular flexibility index (Phi) is 8.61. The topological polar surface area (TPSA) is 50.4 Å². The number of carbonyl (C=O) groups is 1. The molecule has 4 nitrogen and oxygen atoms in total. The average molecular weight is 251 g/mol. The van der Waals surface area contributed by atoms with Crippen molar-refractivity contribution < 1.29 is 9.53 Å². The Hall–Kier alpha value is -0.320. The monoisotopic (exact) mass is 250 g/mol. The van der Waals surface area contributed by atoms with Gasteiger partial charge in [-0.15, -0.1) is 12.4 Å². The Morgan fingerprint density at radius 3 is 2.94 bits per heavy atom. The van der Waals surface area contributed by atoms with Crippen LogP contribution in [0, 0.1) is 0 Å². The van der Waals surface area contributed by atoms with Gasteiger partial charge in [0.15, 0.2) is 0 Å². The van der Waals surface area contributed by atoms with E-state index in [1.165, 1.54) is 6.42 Å². The second-order valence-corrected chi connectivity index (χ2v) is 4.25. The van der Waals surface area contributed by atoms with Crippen LogP contribution in [0.2, 0.25) is 0 Å². The molecular weight excluding hydrogens is 228 g/mol. The SMILES string of the molecule is COCCC(C)NC(=O)CC1CCCN1.Cl. The first-order valence-corrected chi connectivity index (χ1v) is 5.74. The zero-order chi connectivity index (χ0) is 11.1. The molecule has 1 fully saturated rings. The third kappa shape index (κ3) is 6.30. The maximum atomic E-state index is 11.6. The lowest BCUT2D eigenvalue weighted by molar-refractivity contribution is -0.122. The van der Waals surface area contributed by atoms with Crippen molar-refractivity contribution in [2.24, 2.45) is 0 Å². The van der Waals surface area contributed by atoms with Gasteiger partial charge in [-0.3, -0.25) is 4.79 Å². The van der Waals surface area contributed by atoms with Crippen LogP contribution in [0.15, 0.2) is 0 Å². The predicted octanol–water partition coefficient (Wildman–Crippen LogP) is 1.09. The summed E-state index contributed by atoms with van der Waals surface area (Å²) in [6.07, 6.45) is 3.80. The highest BCUT2D eigenvalue weighted by Crippen LogP contribution is 2.08. The van der Waals surface area contributed by atoms with Gasteiger partial charge in [0.05, 0.1) is 0 Å². The van der Waals surface area contributed by atoms with Gasteiger partial charge in [0.2, 0.25) is 5.91 Å². The summed E-state index contributed by atoms with van der Waals surface area (Å²) in [5, 5.41) is 6.30. The van der Waals surface area contributed by atoms with Crippen molar-refractivity contribution in [3.05, 3.63) is 0 Å². The van der Waals surface area contributed by atoms with Crippen LogP contribution in [-0.2, 0) is 9.53 Å². The molecule has 16 heavy (non-hydrogen) atoms. The van der Waals surface area contributed by atoms with Gasteiger partial charge >= 0.3 is 0 Å². The molecule has 0 aliphatic carbocycles. The molecule has 5 heteroatoms. The standard InChI is InChI=1S/C11H22N2O2.ClH/c1-9(5-7-15-2)13-11(14)8-10-4-3-6-12-10;/h9-10,12H,3-8H2,1-2H3,(H,13,14);1H. The van der Waals surface area contributed by atoms with Crippen molar-refractivity contribution in [1.29, 1.82) is 0 Å². The van der Waals surface area contributed by atoms with Gasteiger partial charge in [-0.05, 0) is 32.7 Å². The fourth-order valence-electron chi connectivity index (χ4n) is 1.86. The Labute approximate surface area is 104 Å². The van der Waals surface area contributed by atoms with Gasteiger partial charge in [-0.25, -0.2) is 0 Å². The number of methoxy groups -OCH3 is 1. The van der Waals surface area contributed by atoms with Crippen molar-refractivity contribution in [3.63, 3.8) is 0 Å². The van der Waals surface area contributed by atoms with Crippen LogP contribution in [0.1, 0.15) is 32.6 Å². The lowest BCUT2D eigenvalue weighted by Crippen LogP contribution is -2.37. The number of nitrogens with one attached hydrogen (secondary N) is 2. The van der Waals surface area contributed by atoms with E-state index in [0.717, 1.165) is 19.4 Å². The first kappa shape index (κ1) is 15.7. The molecule has 0 radical (unpaired) electrons. The molecule has 0 spiro atoms. The third-order valence-electron chi connectivity index (χ3n) is 2.76. The molecule has 1 aliphatic heterocycles. The maximum absolute atomic E-state index is 11.6. The van der Waals surface area contributed by atoms with Crippen LogP contribution in [0.4, 0.5) is 0 Å². The first-order valence-electron chi connectivity index (χ1n) is 5.74. The molecule has 0 aromatic carbocycles. The number of halogens is 1. The molecule has 0 bridgehead atoms. The van der Waals surface area contributed by atoms with E-state index in [9.17, 15) is 4.79 Å². The van der Waals surface area contributed by atoms with Crippen LogP contribution in [0.3, 0.4) is 0 Å². The van der Waals surface area contributed by atoms with Gasteiger partial charge in [-0.1, -0.05) is 0 Å². The lowest BCUT2D eigenvalue weighted by atomic mass is 10.1. The van der Waals surface area contributed by atoms with Crippen molar-refractivity contribution in [2.75, 3.05) is 20.3 Å². The highest BCUT2D eigenvalue weighted by molar-refractivity contribution is 5.85. The van der Waals surface area contributed by atoms with Crippen molar-refractivity contribution in [1.82, 2.24) is 10.6 Å². The molecule has 1 heterocycles. The van der Waals surface area contributed by atoms with Crippen LogP contribution < -0.4 is 10.6 Å². The summed E-state index contributed by atoms with van der Waals surface area (Å²) in [4.78, 5) is 11.6. The molecule has 2 unspecified atom stereocenters. The Bertz CT molecular complexity index is 196. The smallest absolute Gasteiger partial charge is 0.221 e. The molecule has 1 rings (SSSR count). The summed E-state index contributed by atoms with van der Waals surface area (Å²) in [6.45, 7) is 3.76. The number of carbonyl (C=O) groups excluding carboxylic acids is 1. The summed E-state index contributed by atoms with van der Waals surface area (Å²) < 4.78 is 4.96. The largest absolute Gasteiger partial charge is 0.385 e. The molecular formula is C11H23ClN2O2. The van der Waals surface area contributed by atoms with E-state index in [2.05, 4.69) is 10.6 Å². The molecule has 0 aromatic heterocycles. The van der Waals surface area contributed by atoms with Gasteiger partial charge in [0.1, 0.15) is 0 Å². The van der Waals surface area contributed by atoms with E-state index in [-0.39, 0.29) is 24.4 Å². The summed E-state index contributed by atoms with van der Waals surface area (Å²) in [5.41, 5.74) is 0.